The highest BCUT2D eigenvalue weighted by Crippen LogP contribution is 2.14. The van der Waals surface area contributed by atoms with Crippen molar-refractivity contribution in [3.05, 3.63) is 35.6 Å². The molecular weight excluding hydrogens is 279 g/mol. The number of likely N-dealkylation sites (tertiary alicyclic amines) is 1. The molecule has 0 saturated carbocycles. The molecule has 0 amide bonds. The first-order chi connectivity index (χ1) is 10.7. The number of guanidine groups is 1. The van der Waals surface area contributed by atoms with E-state index in [1.165, 1.54) is 25.1 Å². The topological polar surface area (TPSA) is 39.7 Å². The maximum Gasteiger partial charge on any atom is 0.191 e. The summed E-state index contributed by atoms with van der Waals surface area (Å²) in [6.07, 6.45) is 1.24. The Labute approximate surface area is 132 Å². The zero-order chi connectivity index (χ0) is 15.8. The average molecular weight is 306 g/mol. The van der Waals surface area contributed by atoms with Gasteiger partial charge in [-0.15, -0.1) is 0 Å². The van der Waals surface area contributed by atoms with E-state index in [9.17, 15) is 4.39 Å². The zero-order valence-electron chi connectivity index (χ0n) is 13.6. The van der Waals surface area contributed by atoms with Crippen molar-refractivity contribution in [2.45, 2.75) is 26.8 Å². The van der Waals surface area contributed by atoms with Gasteiger partial charge in [-0.25, -0.2) is 9.38 Å². The summed E-state index contributed by atoms with van der Waals surface area (Å²) in [5.74, 6) is 1.27. The Morgan fingerprint density at radius 1 is 1.36 bits per heavy atom. The van der Waals surface area contributed by atoms with Crippen molar-refractivity contribution in [3.63, 3.8) is 0 Å². The fourth-order valence-corrected chi connectivity index (χ4v) is 2.76. The Morgan fingerprint density at radius 2 is 2.23 bits per heavy atom. The maximum atomic E-state index is 13.2. The lowest BCUT2D eigenvalue weighted by molar-refractivity contribution is 0.342. The van der Waals surface area contributed by atoms with Crippen molar-refractivity contribution >= 4 is 5.96 Å². The Bertz CT molecular complexity index is 489. The van der Waals surface area contributed by atoms with Crippen LogP contribution in [0.15, 0.2) is 29.3 Å². The maximum absolute atomic E-state index is 13.2. The van der Waals surface area contributed by atoms with Crippen LogP contribution in [0.25, 0.3) is 0 Å². The smallest absolute Gasteiger partial charge is 0.191 e. The molecule has 0 spiro atoms. The lowest BCUT2D eigenvalue weighted by Gasteiger charge is -2.16. The van der Waals surface area contributed by atoms with Crippen molar-refractivity contribution in [2.75, 3.05) is 32.7 Å². The summed E-state index contributed by atoms with van der Waals surface area (Å²) in [5.41, 5.74) is 0.884. The SMILES string of the molecule is CCNC(=NCc1cccc(F)c1)NCC1CCN(CC)C1. The van der Waals surface area contributed by atoms with Crippen molar-refractivity contribution in [3.8, 4) is 0 Å². The number of halogens is 1. The third-order valence-corrected chi connectivity index (χ3v) is 4.03. The number of rotatable bonds is 6. The second-order valence-electron chi connectivity index (χ2n) is 5.75. The molecule has 2 rings (SSSR count). The molecule has 1 atom stereocenters. The number of hydrogen-bond donors (Lipinski definition) is 2. The summed E-state index contributed by atoms with van der Waals surface area (Å²) in [6.45, 7) is 9.98. The molecule has 5 heteroatoms. The molecule has 0 aliphatic carbocycles. The van der Waals surface area contributed by atoms with Gasteiger partial charge in [-0.2, -0.15) is 0 Å². The van der Waals surface area contributed by atoms with Crippen molar-refractivity contribution in [2.24, 2.45) is 10.9 Å². The number of aliphatic imine (C=N–C) groups is 1. The normalized spacial score (nSPS) is 19.4. The Kier molecular flexibility index (Phi) is 6.65. The minimum Gasteiger partial charge on any atom is -0.357 e. The highest BCUT2D eigenvalue weighted by atomic mass is 19.1. The van der Waals surface area contributed by atoms with Gasteiger partial charge in [0.1, 0.15) is 5.82 Å². The molecule has 1 aromatic rings. The van der Waals surface area contributed by atoms with E-state index >= 15 is 0 Å². The fraction of sp³-hybridized carbons (Fsp3) is 0.588. The van der Waals surface area contributed by atoms with Gasteiger partial charge in [0.15, 0.2) is 5.96 Å². The van der Waals surface area contributed by atoms with Crippen LogP contribution in [0.4, 0.5) is 4.39 Å². The van der Waals surface area contributed by atoms with Crippen molar-refractivity contribution in [1.82, 2.24) is 15.5 Å². The van der Waals surface area contributed by atoms with Gasteiger partial charge in [-0.1, -0.05) is 19.1 Å². The summed E-state index contributed by atoms with van der Waals surface area (Å²) in [7, 11) is 0. The first-order valence-corrected chi connectivity index (χ1v) is 8.20. The minimum atomic E-state index is -0.212. The lowest BCUT2D eigenvalue weighted by atomic mass is 10.1. The van der Waals surface area contributed by atoms with E-state index < -0.39 is 0 Å². The van der Waals surface area contributed by atoms with E-state index in [0.717, 1.165) is 37.7 Å². The van der Waals surface area contributed by atoms with E-state index in [1.807, 2.05) is 13.0 Å². The Hall–Kier alpha value is -1.62. The zero-order valence-corrected chi connectivity index (χ0v) is 13.6. The highest BCUT2D eigenvalue weighted by Gasteiger charge is 2.20. The van der Waals surface area contributed by atoms with Crippen LogP contribution >= 0.6 is 0 Å². The van der Waals surface area contributed by atoms with E-state index in [4.69, 9.17) is 0 Å². The number of hydrogen-bond acceptors (Lipinski definition) is 2. The molecule has 1 aromatic carbocycles. The fourth-order valence-electron chi connectivity index (χ4n) is 2.76. The minimum absolute atomic E-state index is 0.212. The van der Waals surface area contributed by atoms with E-state index in [-0.39, 0.29) is 5.82 Å². The van der Waals surface area contributed by atoms with Gasteiger partial charge < -0.3 is 15.5 Å². The quantitative estimate of drug-likeness (QED) is 0.625. The summed E-state index contributed by atoms with van der Waals surface area (Å²) in [4.78, 5) is 7.01. The molecule has 0 bridgehead atoms. The van der Waals surface area contributed by atoms with Gasteiger partial charge >= 0.3 is 0 Å². The number of nitrogens with zero attached hydrogens (tertiary/aromatic N) is 2. The first-order valence-electron chi connectivity index (χ1n) is 8.20. The molecule has 0 radical (unpaired) electrons. The molecule has 1 aliphatic heterocycles. The summed E-state index contributed by atoms with van der Waals surface area (Å²) >= 11 is 0. The predicted molar refractivity (Wildman–Crippen MR) is 89.4 cm³/mol. The molecular formula is C17H27FN4. The van der Waals surface area contributed by atoms with E-state index in [1.54, 1.807) is 6.07 Å². The van der Waals surface area contributed by atoms with Crippen LogP contribution in [0, 0.1) is 11.7 Å². The molecule has 1 unspecified atom stereocenters. The van der Waals surface area contributed by atoms with Gasteiger partial charge in [-0.05, 0) is 50.0 Å². The van der Waals surface area contributed by atoms with Gasteiger partial charge in [0.05, 0.1) is 6.54 Å². The molecule has 0 aromatic heterocycles. The standard InChI is InChI=1S/C17H27FN4/c1-3-19-17(20-11-14-6-5-7-16(18)10-14)21-12-15-8-9-22(4-2)13-15/h5-7,10,15H,3-4,8-9,11-13H2,1-2H3,(H2,19,20,21). The lowest BCUT2D eigenvalue weighted by Crippen LogP contribution is -2.40. The molecule has 1 saturated heterocycles. The molecule has 122 valence electrons. The third-order valence-electron chi connectivity index (χ3n) is 4.03. The second-order valence-corrected chi connectivity index (χ2v) is 5.75. The van der Waals surface area contributed by atoms with Gasteiger partial charge in [0.25, 0.3) is 0 Å². The number of nitrogens with one attached hydrogen (secondary N) is 2. The molecule has 2 N–H and O–H groups in total. The third kappa shape index (κ3) is 5.30. The second kappa shape index (κ2) is 8.73. The Balaban J connectivity index is 1.85. The van der Waals surface area contributed by atoms with Crippen LogP contribution in [0.3, 0.4) is 0 Å². The molecule has 22 heavy (non-hydrogen) atoms. The molecule has 1 aliphatic rings. The first kappa shape index (κ1) is 16.7. The van der Waals surface area contributed by atoms with Crippen molar-refractivity contribution < 1.29 is 4.39 Å². The van der Waals surface area contributed by atoms with Crippen LogP contribution in [-0.2, 0) is 6.54 Å². The van der Waals surface area contributed by atoms with Gasteiger partial charge in [0, 0.05) is 19.6 Å². The van der Waals surface area contributed by atoms with Crippen LogP contribution in [-0.4, -0.2) is 43.6 Å². The van der Waals surface area contributed by atoms with Crippen LogP contribution < -0.4 is 10.6 Å². The monoisotopic (exact) mass is 306 g/mol. The number of benzene rings is 1. The van der Waals surface area contributed by atoms with Crippen molar-refractivity contribution in [1.29, 1.82) is 0 Å². The van der Waals surface area contributed by atoms with Gasteiger partial charge in [0.2, 0.25) is 0 Å². The van der Waals surface area contributed by atoms with Crippen LogP contribution in [0.1, 0.15) is 25.8 Å². The van der Waals surface area contributed by atoms with E-state index in [0.29, 0.717) is 12.5 Å². The largest absolute Gasteiger partial charge is 0.357 e. The highest BCUT2D eigenvalue weighted by molar-refractivity contribution is 5.79. The molecule has 4 nitrogen and oxygen atoms in total. The molecule has 1 fully saturated rings. The molecule has 1 heterocycles. The van der Waals surface area contributed by atoms with Crippen LogP contribution in [0.5, 0.6) is 0 Å². The van der Waals surface area contributed by atoms with Crippen LogP contribution in [0.2, 0.25) is 0 Å². The summed E-state index contributed by atoms with van der Waals surface area (Å²) < 4.78 is 13.2. The Morgan fingerprint density at radius 3 is 2.91 bits per heavy atom. The van der Waals surface area contributed by atoms with E-state index in [2.05, 4.69) is 27.4 Å². The summed E-state index contributed by atoms with van der Waals surface area (Å²) in [5, 5.41) is 6.66. The van der Waals surface area contributed by atoms with Gasteiger partial charge in [-0.3, -0.25) is 0 Å². The average Bonchev–Trinajstić information content (AvgIpc) is 2.98. The summed E-state index contributed by atoms with van der Waals surface area (Å²) in [6, 6.07) is 6.60. The predicted octanol–water partition coefficient (Wildman–Crippen LogP) is 2.22.